The second kappa shape index (κ2) is 7.98. The second-order valence-electron chi connectivity index (χ2n) is 5.32. The van der Waals surface area contributed by atoms with Crippen LogP contribution >= 0.6 is 0 Å². The van der Waals surface area contributed by atoms with E-state index in [0.29, 0.717) is 12.1 Å². The van der Waals surface area contributed by atoms with Crippen molar-refractivity contribution in [2.24, 2.45) is 5.73 Å². The van der Waals surface area contributed by atoms with E-state index in [4.69, 9.17) is 5.73 Å². The fraction of sp³-hybridized carbons (Fsp3) is 0.222. The Morgan fingerprint density at radius 1 is 1.04 bits per heavy atom. The fourth-order valence-corrected chi connectivity index (χ4v) is 2.22. The summed E-state index contributed by atoms with van der Waals surface area (Å²) in [6, 6.07) is 14.8. The Morgan fingerprint density at radius 3 is 2.39 bits per heavy atom. The van der Waals surface area contributed by atoms with Crippen LogP contribution in [0.4, 0.5) is 5.69 Å². The van der Waals surface area contributed by atoms with Gasteiger partial charge in [0.25, 0.3) is 0 Å². The van der Waals surface area contributed by atoms with Crippen molar-refractivity contribution in [3.05, 3.63) is 65.2 Å². The molecule has 120 valence electrons. The first kappa shape index (κ1) is 16.5. The van der Waals surface area contributed by atoms with Crippen molar-refractivity contribution < 1.29 is 9.59 Å². The summed E-state index contributed by atoms with van der Waals surface area (Å²) in [5.41, 5.74) is 8.86. The highest BCUT2D eigenvalue weighted by Crippen LogP contribution is 2.09. The molecule has 5 nitrogen and oxygen atoms in total. The van der Waals surface area contributed by atoms with Gasteiger partial charge in [0.15, 0.2) is 0 Å². The van der Waals surface area contributed by atoms with E-state index in [-0.39, 0.29) is 12.5 Å². The van der Waals surface area contributed by atoms with Gasteiger partial charge in [0, 0.05) is 17.8 Å². The molecule has 2 amide bonds. The lowest BCUT2D eigenvalue weighted by molar-refractivity contribution is -0.119. The SMILES string of the molecule is Cc1ccccc1CCNC(=O)CNc1ccc(C(N)=O)cc1. The molecule has 0 saturated carbocycles. The standard InChI is InChI=1S/C18H21N3O2/c1-13-4-2-3-5-14(13)10-11-20-17(22)12-21-16-8-6-15(7-9-16)18(19)23/h2-9,21H,10-12H2,1H3,(H2,19,23)(H,20,22). The van der Waals surface area contributed by atoms with Crippen LogP contribution in [-0.2, 0) is 11.2 Å². The minimum atomic E-state index is -0.467. The molecule has 0 aliphatic rings. The van der Waals surface area contributed by atoms with Gasteiger partial charge in [-0.15, -0.1) is 0 Å². The van der Waals surface area contributed by atoms with Crippen LogP contribution in [0.1, 0.15) is 21.5 Å². The van der Waals surface area contributed by atoms with Gasteiger partial charge in [-0.05, 0) is 48.7 Å². The number of nitrogens with one attached hydrogen (secondary N) is 2. The van der Waals surface area contributed by atoms with Crippen molar-refractivity contribution in [2.75, 3.05) is 18.4 Å². The van der Waals surface area contributed by atoms with Gasteiger partial charge in [-0.2, -0.15) is 0 Å². The quantitative estimate of drug-likeness (QED) is 0.730. The van der Waals surface area contributed by atoms with Crippen LogP contribution in [0.2, 0.25) is 0 Å². The normalized spacial score (nSPS) is 10.1. The zero-order chi connectivity index (χ0) is 16.7. The Labute approximate surface area is 135 Å². The molecule has 0 unspecified atom stereocenters. The van der Waals surface area contributed by atoms with Crippen molar-refractivity contribution in [1.29, 1.82) is 0 Å². The Balaban J connectivity index is 1.73. The van der Waals surface area contributed by atoms with E-state index in [2.05, 4.69) is 29.7 Å². The van der Waals surface area contributed by atoms with Gasteiger partial charge < -0.3 is 16.4 Å². The molecular weight excluding hydrogens is 290 g/mol. The van der Waals surface area contributed by atoms with E-state index in [1.165, 1.54) is 11.1 Å². The Hall–Kier alpha value is -2.82. The molecule has 0 aromatic heterocycles. The minimum absolute atomic E-state index is 0.0717. The van der Waals surface area contributed by atoms with E-state index >= 15 is 0 Å². The molecule has 4 N–H and O–H groups in total. The third-order valence-electron chi connectivity index (χ3n) is 3.60. The Kier molecular flexibility index (Phi) is 5.74. The average Bonchev–Trinajstić information content (AvgIpc) is 2.55. The highest BCUT2D eigenvalue weighted by Gasteiger charge is 2.03. The number of amides is 2. The van der Waals surface area contributed by atoms with Gasteiger partial charge in [-0.1, -0.05) is 24.3 Å². The first-order valence-electron chi connectivity index (χ1n) is 7.51. The predicted octanol–water partition coefficient (Wildman–Crippen LogP) is 1.86. The van der Waals surface area contributed by atoms with Gasteiger partial charge in [-0.25, -0.2) is 0 Å². The average molecular weight is 311 g/mol. The van der Waals surface area contributed by atoms with Crippen molar-refractivity contribution in [3.8, 4) is 0 Å². The number of anilines is 1. The van der Waals surface area contributed by atoms with E-state index in [1.807, 2.05) is 12.1 Å². The summed E-state index contributed by atoms with van der Waals surface area (Å²) >= 11 is 0. The van der Waals surface area contributed by atoms with Gasteiger partial charge in [0.05, 0.1) is 6.54 Å². The number of hydrogen-bond acceptors (Lipinski definition) is 3. The number of hydrogen-bond donors (Lipinski definition) is 3. The van der Waals surface area contributed by atoms with Gasteiger partial charge in [-0.3, -0.25) is 9.59 Å². The van der Waals surface area contributed by atoms with Crippen molar-refractivity contribution in [1.82, 2.24) is 5.32 Å². The molecule has 2 aromatic carbocycles. The maximum Gasteiger partial charge on any atom is 0.248 e. The smallest absolute Gasteiger partial charge is 0.248 e. The van der Waals surface area contributed by atoms with Gasteiger partial charge in [0.1, 0.15) is 0 Å². The third-order valence-corrected chi connectivity index (χ3v) is 3.60. The summed E-state index contributed by atoms with van der Waals surface area (Å²) in [6.45, 7) is 2.85. The molecule has 0 aliphatic carbocycles. The van der Waals surface area contributed by atoms with Gasteiger partial charge in [0.2, 0.25) is 11.8 Å². The summed E-state index contributed by atoms with van der Waals surface area (Å²) in [7, 11) is 0. The summed E-state index contributed by atoms with van der Waals surface area (Å²) in [6.07, 6.45) is 0.811. The van der Waals surface area contributed by atoms with Crippen LogP contribution in [0, 0.1) is 6.92 Å². The predicted molar refractivity (Wildman–Crippen MR) is 91.3 cm³/mol. The molecule has 2 aromatic rings. The Morgan fingerprint density at radius 2 is 1.74 bits per heavy atom. The number of rotatable bonds is 7. The van der Waals surface area contributed by atoms with E-state index < -0.39 is 5.91 Å². The number of carbonyl (C=O) groups is 2. The maximum absolute atomic E-state index is 11.8. The van der Waals surface area contributed by atoms with Crippen LogP contribution < -0.4 is 16.4 Å². The molecule has 0 atom stereocenters. The van der Waals surface area contributed by atoms with Crippen LogP contribution in [0.3, 0.4) is 0 Å². The zero-order valence-electron chi connectivity index (χ0n) is 13.1. The number of benzene rings is 2. The molecule has 2 rings (SSSR count). The van der Waals surface area contributed by atoms with Crippen LogP contribution in [0.5, 0.6) is 0 Å². The van der Waals surface area contributed by atoms with E-state index in [9.17, 15) is 9.59 Å². The second-order valence-corrected chi connectivity index (χ2v) is 5.32. The summed E-state index contributed by atoms with van der Waals surface area (Å²) < 4.78 is 0. The largest absolute Gasteiger partial charge is 0.376 e. The number of carbonyl (C=O) groups excluding carboxylic acids is 2. The topological polar surface area (TPSA) is 84.2 Å². The molecule has 0 bridgehead atoms. The molecule has 5 heteroatoms. The molecule has 23 heavy (non-hydrogen) atoms. The molecule has 0 fully saturated rings. The van der Waals surface area contributed by atoms with Crippen molar-refractivity contribution in [3.63, 3.8) is 0 Å². The lowest BCUT2D eigenvalue weighted by Crippen LogP contribution is -2.31. The summed E-state index contributed by atoms with van der Waals surface area (Å²) in [5.74, 6) is -0.539. The number of nitrogens with two attached hydrogens (primary N) is 1. The van der Waals surface area contributed by atoms with E-state index in [0.717, 1.165) is 12.1 Å². The summed E-state index contributed by atoms with van der Waals surface area (Å²) in [4.78, 5) is 22.8. The first-order valence-corrected chi connectivity index (χ1v) is 7.51. The van der Waals surface area contributed by atoms with Gasteiger partial charge >= 0.3 is 0 Å². The number of aryl methyl sites for hydroxylation is 1. The molecule has 0 saturated heterocycles. The third kappa shape index (κ3) is 5.14. The molecular formula is C18H21N3O2. The Bertz CT molecular complexity index is 681. The number of primary amides is 1. The van der Waals surface area contributed by atoms with Crippen molar-refractivity contribution >= 4 is 17.5 Å². The van der Waals surface area contributed by atoms with Crippen LogP contribution in [0.15, 0.2) is 48.5 Å². The maximum atomic E-state index is 11.8. The molecule has 0 radical (unpaired) electrons. The lowest BCUT2D eigenvalue weighted by Gasteiger charge is -2.09. The van der Waals surface area contributed by atoms with Crippen molar-refractivity contribution in [2.45, 2.75) is 13.3 Å². The lowest BCUT2D eigenvalue weighted by atomic mass is 10.1. The van der Waals surface area contributed by atoms with Crippen LogP contribution in [0.25, 0.3) is 0 Å². The molecule has 0 heterocycles. The van der Waals surface area contributed by atoms with E-state index in [1.54, 1.807) is 24.3 Å². The first-order chi connectivity index (χ1) is 11.1. The molecule has 0 aliphatic heterocycles. The highest BCUT2D eigenvalue weighted by atomic mass is 16.2. The highest BCUT2D eigenvalue weighted by molar-refractivity contribution is 5.93. The van der Waals surface area contributed by atoms with Crippen LogP contribution in [-0.4, -0.2) is 24.9 Å². The fourth-order valence-electron chi connectivity index (χ4n) is 2.22. The summed E-state index contributed by atoms with van der Waals surface area (Å²) in [5, 5.41) is 5.89. The zero-order valence-corrected chi connectivity index (χ0v) is 13.1. The molecule has 0 spiro atoms. The monoisotopic (exact) mass is 311 g/mol. The minimum Gasteiger partial charge on any atom is -0.376 e.